The summed E-state index contributed by atoms with van der Waals surface area (Å²) in [6, 6.07) is 11.6. The van der Waals surface area contributed by atoms with Gasteiger partial charge in [-0.05, 0) is 37.2 Å². The maximum Gasteiger partial charge on any atom is 0.131 e. The number of nitrogens with zero attached hydrogens (tertiary/aromatic N) is 4. The van der Waals surface area contributed by atoms with Gasteiger partial charge in [-0.1, -0.05) is 49.6 Å². The number of hydrogen-bond donors (Lipinski definition) is 0. The first kappa shape index (κ1) is 19.2. The Hall–Kier alpha value is -1.78. The van der Waals surface area contributed by atoms with Crippen LogP contribution in [0.1, 0.15) is 67.8 Å². The van der Waals surface area contributed by atoms with Crippen molar-refractivity contribution >= 4 is 0 Å². The van der Waals surface area contributed by atoms with Crippen molar-refractivity contribution in [1.82, 2.24) is 19.8 Å². The molecule has 3 saturated heterocycles. The van der Waals surface area contributed by atoms with Gasteiger partial charge in [0.1, 0.15) is 5.82 Å². The highest BCUT2D eigenvalue weighted by Gasteiger charge is 2.34. The molecule has 6 rings (SSSR count). The first-order chi connectivity index (χ1) is 14.3. The van der Waals surface area contributed by atoms with Crippen LogP contribution in [0.2, 0.25) is 0 Å². The van der Waals surface area contributed by atoms with Crippen molar-refractivity contribution in [2.24, 2.45) is 5.92 Å². The topological polar surface area (TPSA) is 32.3 Å². The van der Waals surface area contributed by atoms with Crippen LogP contribution in [0.3, 0.4) is 0 Å². The van der Waals surface area contributed by atoms with E-state index in [-0.39, 0.29) is 0 Å². The van der Waals surface area contributed by atoms with Crippen LogP contribution in [0.25, 0.3) is 0 Å². The Balaban J connectivity index is 1.22. The van der Waals surface area contributed by atoms with Crippen LogP contribution in [-0.2, 0) is 13.1 Å². The van der Waals surface area contributed by atoms with E-state index < -0.39 is 0 Å². The highest BCUT2D eigenvalue weighted by atomic mass is 15.3. The molecule has 29 heavy (non-hydrogen) atoms. The molecule has 4 heterocycles. The van der Waals surface area contributed by atoms with Crippen LogP contribution < -0.4 is 0 Å². The average Bonchev–Trinajstić information content (AvgIpc) is 3.06. The lowest BCUT2D eigenvalue weighted by molar-refractivity contribution is 0.123. The van der Waals surface area contributed by atoms with E-state index >= 15 is 0 Å². The molecule has 2 aromatic rings. The fourth-order valence-corrected chi connectivity index (χ4v) is 5.69. The Morgan fingerprint density at radius 1 is 0.759 bits per heavy atom. The molecule has 154 valence electrons. The standard InChI is InChI=1S/C25H34N4/c1-3-7-20(8-4-1)15-28-16-21-11-12-24(19-28)29(17-21)18-22-13-26-25(27-14-22)23-9-5-2-6-10-23/h1,3-4,7-8,13-14,21,23-24H,2,5-6,9-12,15-19H2. The van der Waals surface area contributed by atoms with Crippen LogP contribution in [-0.4, -0.2) is 45.4 Å². The minimum Gasteiger partial charge on any atom is -0.297 e. The molecule has 1 aliphatic carbocycles. The Bertz CT molecular complexity index is 769. The Labute approximate surface area is 175 Å². The smallest absolute Gasteiger partial charge is 0.131 e. The fraction of sp³-hybridized carbons (Fsp3) is 0.600. The maximum atomic E-state index is 4.78. The van der Waals surface area contributed by atoms with Gasteiger partial charge in [0, 0.05) is 62.6 Å². The van der Waals surface area contributed by atoms with E-state index in [9.17, 15) is 0 Å². The third-order valence-electron chi connectivity index (χ3n) is 7.23. The lowest BCUT2D eigenvalue weighted by Crippen LogP contribution is -2.43. The van der Waals surface area contributed by atoms with E-state index in [1.165, 1.54) is 75.7 Å². The van der Waals surface area contributed by atoms with Crippen LogP contribution in [0, 0.1) is 5.92 Å². The van der Waals surface area contributed by atoms with Gasteiger partial charge in [-0.25, -0.2) is 9.97 Å². The van der Waals surface area contributed by atoms with Gasteiger partial charge in [0.05, 0.1) is 0 Å². The van der Waals surface area contributed by atoms with Crippen molar-refractivity contribution in [1.29, 1.82) is 0 Å². The van der Waals surface area contributed by atoms with E-state index in [2.05, 4.69) is 52.5 Å². The summed E-state index contributed by atoms with van der Waals surface area (Å²) in [5, 5.41) is 0. The first-order valence-electron chi connectivity index (χ1n) is 11.6. The molecule has 0 radical (unpaired) electrons. The summed E-state index contributed by atoms with van der Waals surface area (Å²) in [6.45, 7) is 5.73. The van der Waals surface area contributed by atoms with Gasteiger partial charge in [0.25, 0.3) is 0 Å². The molecule has 0 N–H and O–H groups in total. The molecular weight excluding hydrogens is 356 g/mol. The fourth-order valence-electron chi connectivity index (χ4n) is 5.69. The Morgan fingerprint density at radius 3 is 2.34 bits per heavy atom. The number of fused-ring (bicyclic) bond motifs is 4. The second-order valence-electron chi connectivity index (χ2n) is 9.49. The third-order valence-corrected chi connectivity index (χ3v) is 7.23. The van der Waals surface area contributed by atoms with Crippen LogP contribution in [0.15, 0.2) is 42.7 Å². The molecule has 2 bridgehead atoms. The van der Waals surface area contributed by atoms with Gasteiger partial charge in [-0.15, -0.1) is 0 Å². The normalized spacial score (nSPS) is 26.5. The molecule has 1 aromatic carbocycles. The van der Waals surface area contributed by atoms with Crippen molar-refractivity contribution in [2.75, 3.05) is 19.6 Å². The van der Waals surface area contributed by atoms with Gasteiger partial charge in [-0.3, -0.25) is 9.80 Å². The second kappa shape index (κ2) is 8.93. The largest absolute Gasteiger partial charge is 0.297 e. The summed E-state index contributed by atoms with van der Waals surface area (Å²) in [6.07, 6.45) is 13.5. The summed E-state index contributed by atoms with van der Waals surface area (Å²) in [7, 11) is 0. The molecular formula is C25H34N4. The molecule has 1 aromatic heterocycles. The maximum absolute atomic E-state index is 4.78. The minimum atomic E-state index is 0.596. The summed E-state index contributed by atoms with van der Waals surface area (Å²) in [5.74, 6) is 2.47. The van der Waals surface area contributed by atoms with Crippen LogP contribution in [0.4, 0.5) is 0 Å². The quantitative estimate of drug-likeness (QED) is 0.746. The highest BCUT2D eigenvalue weighted by Crippen LogP contribution is 2.32. The predicted octanol–water partition coefficient (Wildman–Crippen LogP) is 4.62. The van der Waals surface area contributed by atoms with Crippen molar-refractivity contribution in [2.45, 2.75) is 70.0 Å². The van der Waals surface area contributed by atoms with Crippen molar-refractivity contribution in [3.63, 3.8) is 0 Å². The molecule has 0 spiro atoms. The molecule has 2 unspecified atom stereocenters. The van der Waals surface area contributed by atoms with Gasteiger partial charge < -0.3 is 0 Å². The molecule has 1 saturated carbocycles. The number of hydrogen-bond acceptors (Lipinski definition) is 4. The van der Waals surface area contributed by atoms with E-state index in [1.54, 1.807) is 0 Å². The number of benzene rings is 1. The first-order valence-corrected chi connectivity index (χ1v) is 11.6. The third kappa shape index (κ3) is 4.70. The molecule has 4 nitrogen and oxygen atoms in total. The van der Waals surface area contributed by atoms with Crippen LogP contribution in [0.5, 0.6) is 0 Å². The zero-order chi connectivity index (χ0) is 19.5. The Kier molecular flexibility index (Phi) is 5.91. The summed E-state index contributed by atoms with van der Waals surface area (Å²) in [5.41, 5.74) is 2.72. The second-order valence-corrected chi connectivity index (χ2v) is 9.49. The van der Waals surface area contributed by atoms with Gasteiger partial charge in [-0.2, -0.15) is 0 Å². The summed E-state index contributed by atoms with van der Waals surface area (Å²) in [4.78, 5) is 14.9. The molecule has 4 fully saturated rings. The van der Waals surface area contributed by atoms with E-state index in [1.807, 2.05) is 0 Å². The monoisotopic (exact) mass is 390 g/mol. The zero-order valence-electron chi connectivity index (χ0n) is 17.5. The summed E-state index contributed by atoms with van der Waals surface area (Å²) >= 11 is 0. The van der Waals surface area contributed by atoms with Crippen molar-refractivity contribution < 1.29 is 0 Å². The average molecular weight is 391 g/mol. The van der Waals surface area contributed by atoms with Gasteiger partial charge in [0.15, 0.2) is 0 Å². The van der Waals surface area contributed by atoms with Crippen LogP contribution >= 0.6 is 0 Å². The number of rotatable bonds is 5. The lowest BCUT2D eigenvalue weighted by atomic mass is 9.89. The molecule has 2 atom stereocenters. The van der Waals surface area contributed by atoms with Crippen molar-refractivity contribution in [3.8, 4) is 0 Å². The SMILES string of the molecule is c1ccc(CN2CC3CCC(C2)N(Cc2cnc(C4CCCCC4)nc2)C3)cc1. The lowest BCUT2D eigenvalue weighted by Gasteiger charge is -2.36. The summed E-state index contributed by atoms with van der Waals surface area (Å²) < 4.78 is 0. The number of piperidine rings is 1. The van der Waals surface area contributed by atoms with E-state index in [0.717, 1.165) is 24.8 Å². The molecule has 3 aliphatic heterocycles. The van der Waals surface area contributed by atoms with Crippen molar-refractivity contribution in [3.05, 3.63) is 59.7 Å². The van der Waals surface area contributed by atoms with E-state index in [0.29, 0.717) is 12.0 Å². The van der Waals surface area contributed by atoms with E-state index in [4.69, 9.17) is 9.97 Å². The zero-order valence-corrected chi connectivity index (χ0v) is 17.5. The minimum absolute atomic E-state index is 0.596. The van der Waals surface area contributed by atoms with Gasteiger partial charge in [0.2, 0.25) is 0 Å². The molecule has 4 aliphatic rings. The highest BCUT2D eigenvalue weighted by molar-refractivity contribution is 5.15. The predicted molar refractivity (Wildman–Crippen MR) is 116 cm³/mol. The van der Waals surface area contributed by atoms with Gasteiger partial charge >= 0.3 is 0 Å². The molecule has 0 amide bonds. The molecule has 4 heteroatoms. The number of aromatic nitrogens is 2. The Morgan fingerprint density at radius 2 is 1.55 bits per heavy atom.